The Balaban J connectivity index is 2.01. The largest absolute Gasteiger partial charge is 0.455 e. The van der Waals surface area contributed by atoms with Crippen LogP contribution in [0.15, 0.2) is 78.9 Å². The summed E-state index contributed by atoms with van der Waals surface area (Å²) in [6.45, 7) is 0. The summed E-state index contributed by atoms with van der Waals surface area (Å²) in [5, 5.41) is 9.33. The first-order valence-corrected chi connectivity index (χ1v) is 7.20. The molecule has 0 saturated heterocycles. The van der Waals surface area contributed by atoms with Crippen molar-refractivity contribution >= 4 is 0 Å². The maximum Gasteiger partial charge on any atom is 0.160 e. The van der Waals surface area contributed by atoms with Crippen LogP contribution in [-0.4, -0.2) is 0 Å². The van der Waals surface area contributed by atoms with Crippen LogP contribution < -0.4 is 4.74 Å². The first-order chi connectivity index (χ1) is 11.4. The van der Waals surface area contributed by atoms with Crippen molar-refractivity contribution in [1.82, 2.24) is 0 Å². The van der Waals surface area contributed by atoms with Gasteiger partial charge in [0.25, 0.3) is 0 Å². The molecule has 0 heterocycles. The Morgan fingerprint density at radius 3 is 2.00 bits per heavy atom. The second-order valence-electron chi connectivity index (χ2n) is 4.83. The number of nitriles is 1. The lowest BCUT2D eigenvalue weighted by Gasteiger charge is -2.09. The molecular weight excluding hydrogens is 282 g/mol. The third-order valence-electron chi connectivity index (χ3n) is 3.21. The van der Waals surface area contributed by atoms with E-state index in [2.05, 4.69) is 17.9 Å². The number of ether oxygens (including phenoxy) is 1. The van der Waals surface area contributed by atoms with Gasteiger partial charge in [-0.2, -0.15) is 5.26 Å². The molecule has 0 bridgehead atoms. The number of para-hydroxylation sites is 2. The third-order valence-corrected chi connectivity index (χ3v) is 3.21. The molecule has 3 rings (SSSR count). The van der Waals surface area contributed by atoms with Crippen molar-refractivity contribution in [1.29, 1.82) is 5.26 Å². The second kappa shape index (κ2) is 6.98. The second-order valence-corrected chi connectivity index (χ2v) is 4.83. The van der Waals surface area contributed by atoms with Crippen molar-refractivity contribution in [2.75, 3.05) is 0 Å². The SMILES string of the molecule is N#Cc1cccc(C#Cc2ccccc2)c1Oc1ccccc1. The van der Waals surface area contributed by atoms with Crippen molar-refractivity contribution < 1.29 is 4.74 Å². The zero-order valence-electron chi connectivity index (χ0n) is 12.4. The van der Waals surface area contributed by atoms with E-state index in [0.717, 1.165) is 5.56 Å². The van der Waals surface area contributed by atoms with Crippen molar-refractivity contribution in [2.45, 2.75) is 0 Å². The van der Waals surface area contributed by atoms with E-state index in [0.29, 0.717) is 22.6 Å². The molecular formula is C21H13NO. The van der Waals surface area contributed by atoms with Crippen molar-refractivity contribution in [3.63, 3.8) is 0 Å². The number of hydrogen-bond donors (Lipinski definition) is 0. The van der Waals surface area contributed by atoms with Gasteiger partial charge in [0, 0.05) is 5.56 Å². The maximum absolute atomic E-state index is 9.33. The molecule has 108 valence electrons. The lowest BCUT2D eigenvalue weighted by Crippen LogP contribution is -1.92. The Kier molecular flexibility index (Phi) is 4.39. The summed E-state index contributed by atoms with van der Waals surface area (Å²) in [5.74, 6) is 7.37. The highest BCUT2D eigenvalue weighted by Crippen LogP contribution is 2.28. The fraction of sp³-hybridized carbons (Fsp3) is 0. The minimum atomic E-state index is 0.466. The molecule has 0 aromatic heterocycles. The quantitative estimate of drug-likeness (QED) is 0.639. The van der Waals surface area contributed by atoms with Crippen LogP contribution in [0.1, 0.15) is 16.7 Å². The standard InChI is InChI=1S/C21H13NO/c22-16-19-11-7-10-18(15-14-17-8-3-1-4-9-17)21(19)23-20-12-5-2-6-13-20/h1-13H. The molecule has 0 spiro atoms. The Bertz CT molecular complexity index is 897. The molecule has 0 saturated carbocycles. The maximum atomic E-state index is 9.33. The minimum absolute atomic E-state index is 0.466. The van der Waals surface area contributed by atoms with E-state index >= 15 is 0 Å². The molecule has 0 aliphatic heterocycles. The van der Waals surface area contributed by atoms with Crippen molar-refractivity contribution in [3.8, 4) is 29.4 Å². The number of nitrogens with zero attached hydrogens (tertiary/aromatic N) is 1. The van der Waals surface area contributed by atoms with Gasteiger partial charge in [-0.1, -0.05) is 54.3 Å². The van der Waals surface area contributed by atoms with E-state index in [1.807, 2.05) is 72.8 Å². The highest BCUT2D eigenvalue weighted by Gasteiger charge is 2.09. The monoisotopic (exact) mass is 295 g/mol. The molecule has 0 atom stereocenters. The molecule has 0 N–H and O–H groups in total. The van der Waals surface area contributed by atoms with Crippen LogP contribution in [0, 0.1) is 23.2 Å². The van der Waals surface area contributed by atoms with Gasteiger partial charge >= 0.3 is 0 Å². The summed E-state index contributed by atoms with van der Waals surface area (Å²) >= 11 is 0. The lowest BCUT2D eigenvalue weighted by molar-refractivity contribution is 0.479. The zero-order chi connectivity index (χ0) is 15.9. The van der Waals surface area contributed by atoms with Crippen molar-refractivity contribution in [2.24, 2.45) is 0 Å². The molecule has 0 aliphatic rings. The lowest BCUT2D eigenvalue weighted by atomic mass is 10.1. The summed E-state index contributed by atoms with van der Waals surface area (Å²) in [7, 11) is 0. The smallest absolute Gasteiger partial charge is 0.160 e. The third kappa shape index (κ3) is 3.59. The van der Waals surface area contributed by atoms with Gasteiger partial charge in [0.1, 0.15) is 11.8 Å². The van der Waals surface area contributed by atoms with E-state index in [4.69, 9.17) is 4.74 Å². The molecule has 0 unspecified atom stereocenters. The Morgan fingerprint density at radius 2 is 1.30 bits per heavy atom. The van der Waals surface area contributed by atoms with Crippen LogP contribution >= 0.6 is 0 Å². The van der Waals surface area contributed by atoms with Gasteiger partial charge in [-0.3, -0.25) is 0 Å². The predicted molar refractivity (Wildman–Crippen MR) is 90.1 cm³/mol. The summed E-state index contributed by atoms with van der Waals surface area (Å²) < 4.78 is 5.89. The van der Waals surface area contributed by atoms with Gasteiger partial charge < -0.3 is 4.74 Å². The fourth-order valence-electron chi connectivity index (χ4n) is 2.10. The Morgan fingerprint density at radius 1 is 0.652 bits per heavy atom. The topological polar surface area (TPSA) is 33.0 Å². The molecule has 3 aromatic carbocycles. The highest BCUT2D eigenvalue weighted by molar-refractivity contribution is 5.58. The summed E-state index contributed by atoms with van der Waals surface area (Å²) in [6, 6.07) is 26.7. The predicted octanol–water partition coefficient (Wildman–Crippen LogP) is 4.75. The van der Waals surface area contributed by atoms with Gasteiger partial charge in [-0.25, -0.2) is 0 Å². The summed E-state index contributed by atoms with van der Waals surface area (Å²) in [4.78, 5) is 0. The molecule has 23 heavy (non-hydrogen) atoms. The Hall–Kier alpha value is -3.49. The van der Waals surface area contributed by atoms with Crippen molar-refractivity contribution in [3.05, 3.63) is 95.6 Å². The average molecular weight is 295 g/mol. The highest BCUT2D eigenvalue weighted by atomic mass is 16.5. The average Bonchev–Trinajstić information content (AvgIpc) is 2.62. The van der Waals surface area contributed by atoms with Gasteiger partial charge in [0.05, 0.1) is 11.1 Å². The molecule has 0 fully saturated rings. The van der Waals surface area contributed by atoms with Gasteiger partial charge in [0.15, 0.2) is 5.75 Å². The van der Waals surface area contributed by atoms with Gasteiger partial charge in [-0.05, 0) is 36.4 Å². The normalized spacial score (nSPS) is 9.35. The first kappa shape index (κ1) is 14.4. The Labute approximate surface area is 135 Å². The van der Waals surface area contributed by atoms with Crippen LogP contribution in [0.25, 0.3) is 0 Å². The van der Waals surface area contributed by atoms with E-state index in [1.165, 1.54) is 0 Å². The number of rotatable bonds is 2. The number of hydrogen-bond acceptors (Lipinski definition) is 2. The molecule has 0 amide bonds. The minimum Gasteiger partial charge on any atom is -0.455 e. The molecule has 0 radical (unpaired) electrons. The van der Waals surface area contributed by atoms with Crippen LogP contribution in [0.3, 0.4) is 0 Å². The van der Waals surface area contributed by atoms with Crippen LogP contribution in [-0.2, 0) is 0 Å². The van der Waals surface area contributed by atoms with E-state index in [9.17, 15) is 5.26 Å². The van der Waals surface area contributed by atoms with E-state index < -0.39 is 0 Å². The van der Waals surface area contributed by atoms with E-state index in [-0.39, 0.29) is 0 Å². The summed E-state index contributed by atoms with van der Waals surface area (Å²) in [5.41, 5.74) is 2.07. The fourth-order valence-corrected chi connectivity index (χ4v) is 2.10. The van der Waals surface area contributed by atoms with Crippen LogP contribution in [0.5, 0.6) is 11.5 Å². The zero-order valence-corrected chi connectivity index (χ0v) is 12.4. The molecule has 2 heteroatoms. The van der Waals surface area contributed by atoms with Gasteiger partial charge in [-0.15, -0.1) is 0 Å². The van der Waals surface area contributed by atoms with Crippen LogP contribution in [0.4, 0.5) is 0 Å². The van der Waals surface area contributed by atoms with Crippen LogP contribution in [0.2, 0.25) is 0 Å². The van der Waals surface area contributed by atoms with E-state index in [1.54, 1.807) is 6.07 Å². The molecule has 2 nitrogen and oxygen atoms in total. The first-order valence-electron chi connectivity index (χ1n) is 7.20. The molecule has 0 aliphatic carbocycles. The molecule has 3 aromatic rings. The van der Waals surface area contributed by atoms with Gasteiger partial charge in [0.2, 0.25) is 0 Å². The number of benzene rings is 3. The summed E-state index contributed by atoms with van der Waals surface area (Å²) in [6.07, 6.45) is 0.